The molecule has 1 fully saturated rings. The van der Waals surface area contributed by atoms with Crippen LogP contribution in [0.4, 0.5) is 0 Å². The summed E-state index contributed by atoms with van der Waals surface area (Å²) in [6, 6.07) is 13.0. The smallest absolute Gasteiger partial charge is 0.312 e. The van der Waals surface area contributed by atoms with Crippen molar-refractivity contribution in [2.45, 2.75) is 57.4 Å². The highest BCUT2D eigenvalue weighted by Gasteiger charge is 2.39. The zero-order chi connectivity index (χ0) is 30.2. The van der Waals surface area contributed by atoms with E-state index in [4.69, 9.17) is 4.74 Å². The fourth-order valence-corrected chi connectivity index (χ4v) is 4.90. The Hall–Kier alpha value is -4.64. The number of aliphatic hydroxyl groups excluding tert-OH is 1. The van der Waals surface area contributed by atoms with Crippen molar-refractivity contribution >= 4 is 23.6 Å². The minimum atomic E-state index is -1.40. The van der Waals surface area contributed by atoms with E-state index >= 15 is 0 Å². The van der Waals surface area contributed by atoms with E-state index in [-0.39, 0.29) is 30.7 Å². The number of aromatic nitrogens is 2. The number of carbonyl (C=O) groups excluding carboxylic acids is 4. The molecule has 1 unspecified atom stereocenters. The predicted octanol–water partition coefficient (Wildman–Crippen LogP) is 1.77. The van der Waals surface area contributed by atoms with E-state index in [2.05, 4.69) is 20.6 Å². The molecule has 11 heteroatoms. The van der Waals surface area contributed by atoms with Crippen molar-refractivity contribution in [3.05, 3.63) is 90.0 Å². The van der Waals surface area contributed by atoms with Gasteiger partial charge in [-0.25, -0.2) is 4.98 Å². The number of ether oxygens (including phenoxy) is 1. The number of nitrogens with zero attached hydrogens (tertiary/aromatic N) is 2. The number of nitrogens with one attached hydrogen (secondary N) is 2. The second kappa shape index (κ2) is 13.8. The number of Topliss-reactive ketones (excluding diaryl/α,β-unsaturated/α-hetero) is 1. The number of esters is 1. The van der Waals surface area contributed by atoms with Crippen LogP contribution in [0.2, 0.25) is 0 Å². The van der Waals surface area contributed by atoms with Crippen LogP contribution in [0.5, 0.6) is 5.75 Å². The third-order valence-corrected chi connectivity index (χ3v) is 7.35. The lowest BCUT2D eigenvalue weighted by Gasteiger charge is -2.33. The van der Waals surface area contributed by atoms with Crippen LogP contribution >= 0.6 is 0 Å². The van der Waals surface area contributed by atoms with Crippen LogP contribution in [-0.2, 0) is 32.0 Å². The molecule has 4 N–H and O–H groups in total. The van der Waals surface area contributed by atoms with Gasteiger partial charge in [0.05, 0.1) is 18.1 Å². The van der Waals surface area contributed by atoms with Crippen molar-refractivity contribution in [1.29, 1.82) is 0 Å². The molecule has 1 aromatic carbocycles. The summed E-state index contributed by atoms with van der Waals surface area (Å²) in [7, 11) is 0. The Balaban J connectivity index is 1.69. The van der Waals surface area contributed by atoms with Crippen LogP contribution in [0.25, 0.3) is 0 Å². The van der Waals surface area contributed by atoms with Gasteiger partial charge in [0, 0.05) is 31.4 Å². The number of aromatic hydroxyl groups is 1. The summed E-state index contributed by atoms with van der Waals surface area (Å²) in [5, 5.41) is 26.8. The number of hydrogen-bond acceptors (Lipinski definition) is 9. The molecule has 2 aromatic heterocycles. The van der Waals surface area contributed by atoms with Crippen LogP contribution in [0.3, 0.4) is 0 Å². The second-order valence-corrected chi connectivity index (χ2v) is 10.5. The van der Waals surface area contributed by atoms with Gasteiger partial charge in [-0.2, -0.15) is 0 Å². The lowest BCUT2D eigenvalue weighted by molar-refractivity contribution is -0.163. The zero-order valence-corrected chi connectivity index (χ0v) is 23.3. The number of ketones is 1. The normalized spacial score (nSPS) is 25.4. The third kappa shape index (κ3) is 7.55. The number of amides is 2. The lowest BCUT2D eigenvalue weighted by atomic mass is 9.89. The monoisotopic (exact) mass is 574 g/mol. The first-order valence-corrected chi connectivity index (χ1v) is 13.7. The molecule has 0 radical (unpaired) electrons. The summed E-state index contributed by atoms with van der Waals surface area (Å²) >= 11 is 0. The second-order valence-electron chi connectivity index (χ2n) is 10.5. The van der Waals surface area contributed by atoms with Crippen molar-refractivity contribution in [2.75, 3.05) is 0 Å². The van der Waals surface area contributed by atoms with Crippen molar-refractivity contribution in [1.82, 2.24) is 20.6 Å². The van der Waals surface area contributed by atoms with E-state index in [1.54, 1.807) is 55.7 Å². The van der Waals surface area contributed by atoms with Gasteiger partial charge in [-0.1, -0.05) is 43.3 Å². The number of cyclic esters (lactones) is 1. The van der Waals surface area contributed by atoms with Crippen LogP contribution in [0.1, 0.15) is 41.9 Å². The maximum atomic E-state index is 13.7. The molecule has 1 aliphatic heterocycles. The third-order valence-electron chi connectivity index (χ3n) is 7.35. The van der Waals surface area contributed by atoms with E-state index in [1.165, 1.54) is 25.3 Å². The summed E-state index contributed by atoms with van der Waals surface area (Å²) in [5.41, 5.74) is 1.17. The molecule has 6 atom stereocenters. The summed E-state index contributed by atoms with van der Waals surface area (Å²) < 4.78 is 5.69. The molecule has 0 aliphatic carbocycles. The molecule has 42 heavy (non-hydrogen) atoms. The van der Waals surface area contributed by atoms with Crippen LogP contribution in [0.15, 0.2) is 73.2 Å². The Bertz CT molecular complexity index is 1400. The van der Waals surface area contributed by atoms with Crippen molar-refractivity contribution in [3.63, 3.8) is 0 Å². The lowest BCUT2D eigenvalue weighted by Crippen LogP contribution is -2.57. The maximum Gasteiger partial charge on any atom is 0.312 e. The molecule has 11 nitrogen and oxygen atoms in total. The Morgan fingerprint density at radius 3 is 2.40 bits per heavy atom. The van der Waals surface area contributed by atoms with Gasteiger partial charge in [0.25, 0.3) is 5.91 Å². The molecule has 220 valence electrons. The van der Waals surface area contributed by atoms with E-state index in [0.717, 1.165) is 5.56 Å². The van der Waals surface area contributed by atoms with Crippen LogP contribution in [-0.4, -0.2) is 68.0 Å². The van der Waals surface area contributed by atoms with E-state index in [0.29, 0.717) is 5.56 Å². The predicted molar refractivity (Wildman–Crippen MR) is 151 cm³/mol. The molecule has 1 saturated heterocycles. The fourth-order valence-electron chi connectivity index (χ4n) is 4.90. The summed E-state index contributed by atoms with van der Waals surface area (Å²) in [4.78, 5) is 61.5. The maximum absolute atomic E-state index is 13.7. The van der Waals surface area contributed by atoms with E-state index < -0.39 is 59.7 Å². The molecule has 3 aromatic rings. The van der Waals surface area contributed by atoms with Crippen LogP contribution < -0.4 is 10.6 Å². The highest BCUT2D eigenvalue weighted by Crippen LogP contribution is 2.22. The number of rotatable bonds is 6. The summed E-state index contributed by atoms with van der Waals surface area (Å²) in [5.74, 6) is -4.95. The largest absolute Gasteiger partial charge is 0.505 e. The quantitative estimate of drug-likeness (QED) is 0.321. The minimum absolute atomic E-state index is 0.102. The van der Waals surface area contributed by atoms with Gasteiger partial charge >= 0.3 is 5.97 Å². The van der Waals surface area contributed by atoms with Gasteiger partial charge in [-0.3, -0.25) is 24.2 Å². The highest BCUT2D eigenvalue weighted by molar-refractivity contribution is 5.98. The van der Waals surface area contributed by atoms with Gasteiger partial charge in [-0.15, -0.1) is 0 Å². The summed E-state index contributed by atoms with van der Waals surface area (Å²) in [6.45, 7) is 3.08. The Morgan fingerprint density at radius 2 is 1.71 bits per heavy atom. The molecule has 0 spiro atoms. The molecule has 4 rings (SSSR count). The van der Waals surface area contributed by atoms with Crippen molar-refractivity contribution < 1.29 is 34.1 Å². The Kier molecular flexibility index (Phi) is 9.98. The average Bonchev–Trinajstić information content (AvgIpc) is 2.99. The molecule has 0 saturated carbocycles. The standard InChI is InChI=1S/C31H34N4O7/c1-18-14-24(37)25(16-20-8-4-3-5-9-20)42-31(41)19(2)28(38)22(15-21-10-6-12-32-17-21)34-29(39)26(18)35-30(40)27-23(36)11-7-13-33-27/h3-13,17-19,22,25-26,28,36,38H,14-16H2,1-2H3,(H,34,39)(H,35,40)/t18-,19+,22-,25?,26-,28-/m0/s1. The molecule has 3 heterocycles. The van der Waals surface area contributed by atoms with Gasteiger partial charge < -0.3 is 25.6 Å². The molecule has 1 aliphatic rings. The fraction of sp³-hybridized carbons (Fsp3) is 0.355. The van der Waals surface area contributed by atoms with Crippen molar-refractivity contribution in [2.24, 2.45) is 11.8 Å². The first kappa shape index (κ1) is 30.3. The van der Waals surface area contributed by atoms with E-state index in [9.17, 15) is 29.4 Å². The van der Waals surface area contributed by atoms with Gasteiger partial charge in [-0.05, 0) is 48.6 Å². The number of aliphatic hydroxyl groups is 1. The number of carbonyl (C=O) groups is 4. The molecular formula is C31H34N4O7. The van der Waals surface area contributed by atoms with Gasteiger partial charge in [0.15, 0.2) is 17.6 Å². The number of benzene rings is 1. The number of hydrogen-bond donors (Lipinski definition) is 4. The minimum Gasteiger partial charge on any atom is -0.505 e. The van der Waals surface area contributed by atoms with E-state index in [1.807, 2.05) is 6.07 Å². The van der Waals surface area contributed by atoms with Crippen molar-refractivity contribution in [3.8, 4) is 5.75 Å². The topological polar surface area (TPSA) is 168 Å². The Labute approximate surface area is 243 Å². The molecular weight excluding hydrogens is 540 g/mol. The zero-order valence-electron chi connectivity index (χ0n) is 23.3. The summed E-state index contributed by atoms with van der Waals surface area (Å²) in [6.07, 6.45) is 1.94. The molecule has 0 bridgehead atoms. The number of pyridine rings is 2. The first-order chi connectivity index (χ1) is 20.1. The van der Waals surface area contributed by atoms with Gasteiger partial charge in [0.1, 0.15) is 11.8 Å². The van der Waals surface area contributed by atoms with Crippen LogP contribution in [0, 0.1) is 11.8 Å². The highest BCUT2D eigenvalue weighted by atomic mass is 16.5. The Morgan fingerprint density at radius 1 is 1.00 bits per heavy atom. The first-order valence-electron chi connectivity index (χ1n) is 13.7. The molecule has 2 amide bonds. The van der Waals surface area contributed by atoms with Gasteiger partial charge in [0.2, 0.25) is 5.91 Å². The average molecular weight is 575 g/mol. The SMILES string of the molecule is C[C@H]1CC(=O)C(Cc2ccccc2)OC(=O)[C@H](C)[C@H](O)[C@H](Cc2cccnc2)NC(=O)[C@H]1NC(=O)c1ncccc1O.